The van der Waals surface area contributed by atoms with Crippen molar-refractivity contribution in [1.82, 2.24) is 14.8 Å². The Morgan fingerprint density at radius 1 is 1.32 bits per heavy atom. The summed E-state index contributed by atoms with van der Waals surface area (Å²) in [6.07, 6.45) is 1.35. The monoisotopic (exact) mass is 327 g/mol. The number of rotatable bonds is 3. The highest BCUT2D eigenvalue weighted by Gasteiger charge is 2.21. The molecule has 2 heterocycles. The summed E-state index contributed by atoms with van der Waals surface area (Å²) in [5.41, 5.74) is 0.560. The molecule has 0 amide bonds. The average molecular weight is 329 g/mol. The third-order valence-electron chi connectivity index (χ3n) is 2.22. The lowest BCUT2D eigenvalue weighted by Crippen LogP contribution is -2.06. The number of alkyl halides is 2. The van der Waals surface area contributed by atoms with Gasteiger partial charge in [0.15, 0.2) is 0 Å². The van der Waals surface area contributed by atoms with Crippen LogP contribution in [-0.4, -0.2) is 21.4 Å². The zero-order chi connectivity index (χ0) is 14.2. The summed E-state index contributed by atoms with van der Waals surface area (Å²) in [7, 11) is 1.42. The lowest BCUT2D eigenvalue weighted by Gasteiger charge is -2.04. The molecule has 0 aliphatic carbocycles. The van der Waals surface area contributed by atoms with Crippen LogP contribution in [0.25, 0.3) is 11.3 Å². The van der Waals surface area contributed by atoms with Gasteiger partial charge in [-0.15, -0.1) is 0 Å². The van der Waals surface area contributed by atoms with E-state index in [0.717, 1.165) is 4.68 Å². The van der Waals surface area contributed by atoms with Crippen molar-refractivity contribution in [2.24, 2.45) is 7.05 Å². The zero-order valence-corrected chi connectivity index (χ0v) is 11.6. The first-order valence-corrected chi connectivity index (χ1v) is 6.02. The van der Waals surface area contributed by atoms with E-state index in [9.17, 15) is 8.78 Å². The number of hydrogen-bond acceptors (Lipinski definition) is 3. The molecule has 4 nitrogen and oxygen atoms in total. The van der Waals surface area contributed by atoms with E-state index >= 15 is 0 Å². The summed E-state index contributed by atoms with van der Waals surface area (Å²) in [5.74, 6) is -0.252. The summed E-state index contributed by atoms with van der Waals surface area (Å²) in [6.45, 7) is -3.00. The van der Waals surface area contributed by atoms with E-state index < -0.39 is 6.61 Å². The average Bonchev–Trinajstić information content (AvgIpc) is 2.57. The number of pyridine rings is 1. The van der Waals surface area contributed by atoms with Crippen LogP contribution in [0.4, 0.5) is 8.78 Å². The Kier molecular flexibility index (Phi) is 4.13. The van der Waals surface area contributed by atoms with Gasteiger partial charge in [-0.1, -0.05) is 34.8 Å². The molecule has 0 aliphatic heterocycles. The van der Waals surface area contributed by atoms with Gasteiger partial charge < -0.3 is 4.74 Å². The van der Waals surface area contributed by atoms with Crippen molar-refractivity contribution in [3.05, 3.63) is 27.5 Å². The third-order valence-corrected chi connectivity index (χ3v) is 3.08. The van der Waals surface area contributed by atoms with E-state index in [1.165, 1.54) is 19.3 Å². The lowest BCUT2D eigenvalue weighted by molar-refractivity contribution is -0.0552. The highest BCUT2D eigenvalue weighted by Crippen LogP contribution is 2.38. The Morgan fingerprint density at radius 3 is 2.58 bits per heavy atom. The Hall–Kier alpha value is -1.11. The molecule has 102 valence electrons. The lowest BCUT2D eigenvalue weighted by atomic mass is 10.2. The Bertz CT molecular complexity index is 618. The summed E-state index contributed by atoms with van der Waals surface area (Å²) >= 11 is 17.6. The van der Waals surface area contributed by atoms with Gasteiger partial charge in [-0.05, 0) is 6.07 Å². The van der Waals surface area contributed by atoms with Gasteiger partial charge in [0.25, 0.3) is 0 Å². The molecule has 9 heteroatoms. The van der Waals surface area contributed by atoms with E-state index in [0.29, 0.717) is 5.56 Å². The molecule has 2 aromatic heterocycles. The maximum Gasteiger partial charge on any atom is 0.388 e. The molecular weight excluding hydrogens is 322 g/mol. The number of nitrogens with zero attached hydrogens (tertiary/aromatic N) is 3. The van der Waals surface area contributed by atoms with Crippen LogP contribution in [-0.2, 0) is 7.05 Å². The first kappa shape index (κ1) is 14.3. The van der Waals surface area contributed by atoms with Gasteiger partial charge in [-0.25, -0.2) is 9.67 Å². The summed E-state index contributed by atoms with van der Waals surface area (Å²) < 4.78 is 29.9. The SMILES string of the molecule is Cn1nc(-c2cnc(Cl)cc2Cl)c(Cl)c1OC(F)F. The Balaban J connectivity index is 2.51. The second-order valence-corrected chi connectivity index (χ2v) is 4.63. The molecule has 0 spiro atoms. The van der Waals surface area contributed by atoms with Crippen LogP contribution in [0.3, 0.4) is 0 Å². The Labute approximate surface area is 121 Å². The number of hydrogen-bond donors (Lipinski definition) is 0. The summed E-state index contributed by atoms with van der Waals surface area (Å²) in [6, 6.07) is 1.40. The number of aryl methyl sites for hydroxylation is 1. The van der Waals surface area contributed by atoms with Crippen molar-refractivity contribution in [3.63, 3.8) is 0 Å². The molecule has 19 heavy (non-hydrogen) atoms. The first-order valence-electron chi connectivity index (χ1n) is 4.89. The van der Waals surface area contributed by atoms with Crippen LogP contribution in [0, 0.1) is 0 Å². The van der Waals surface area contributed by atoms with Crippen molar-refractivity contribution in [3.8, 4) is 17.1 Å². The van der Waals surface area contributed by atoms with Gasteiger partial charge in [0.2, 0.25) is 5.88 Å². The Morgan fingerprint density at radius 2 is 2.00 bits per heavy atom. The maximum absolute atomic E-state index is 12.2. The molecule has 0 saturated carbocycles. The standard InChI is InChI=1S/C10H6Cl3F2N3O/c1-18-9(19-10(14)15)7(13)8(17-18)4-3-16-6(12)2-5(4)11/h2-3,10H,1H3. The fourth-order valence-corrected chi connectivity index (χ4v) is 2.21. The molecule has 0 radical (unpaired) electrons. The van der Waals surface area contributed by atoms with E-state index in [-0.39, 0.29) is 26.8 Å². The van der Waals surface area contributed by atoms with Gasteiger partial charge in [-0.2, -0.15) is 13.9 Å². The van der Waals surface area contributed by atoms with E-state index in [1.807, 2.05) is 0 Å². The predicted octanol–water partition coefficient (Wildman–Crippen LogP) is 4.04. The van der Waals surface area contributed by atoms with E-state index in [1.54, 1.807) is 0 Å². The normalized spacial score (nSPS) is 11.1. The van der Waals surface area contributed by atoms with Gasteiger partial charge >= 0.3 is 6.61 Å². The van der Waals surface area contributed by atoms with Gasteiger partial charge in [-0.3, -0.25) is 0 Å². The van der Waals surface area contributed by atoms with Crippen LogP contribution in [0.2, 0.25) is 15.2 Å². The van der Waals surface area contributed by atoms with Crippen molar-refractivity contribution >= 4 is 34.8 Å². The molecule has 2 rings (SSSR count). The minimum atomic E-state index is -3.00. The molecule has 0 saturated heterocycles. The van der Waals surface area contributed by atoms with E-state index in [2.05, 4.69) is 14.8 Å². The fraction of sp³-hybridized carbons (Fsp3) is 0.200. The number of aromatic nitrogens is 3. The van der Waals surface area contributed by atoms with Crippen molar-refractivity contribution in [1.29, 1.82) is 0 Å². The molecule has 0 atom stereocenters. The molecule has 0 fully saturated rings. The molecular formula is C10H6Cl3F2N3O. The van der Waals surface area contributed by atoms with Crippen LogP contribution in [0.5, 0.6) is 5.88 Å². The number of ether oxygens (including phenoxy) is 1. The zero-order valence-electron chi connectivity index (χ0n) is 9.37. The minimum Gasteiger partial charge on any atom is -0.416 e. The maximum atomic E-state index is 12.2. The molecule has 0 N–H and O–H groups in total. The third kappa shape index (κ3) is 2.91. The highest BCUT2D eigenvalue weighted by molar-refractivity contribution is 6.38. The highest BCUT2D eigenvalue weighted by atomic mass is 35.5. The molecule has 0 aromatic carbocycles. The van der Waals surface area contributed by atoms with Gasteiger partial charge in [0.05, 0.1) is 5.02 Å². The fourth-order valence-electron chi connectivity index (χ4n) is 1.45. The van der Waals surface area contributed by atoms with Gasteiger partial charge in [0.1, 0.15) is 15.9 Å². The van der Waals surface area contributed by atoms with Crippen LogP contribution in [0.15, 0.2) is 12.3 Å². The number of halogens is 5. The van der Waals surface area contributed by atoms with Crippen LogP contribution >= 0.6 is 34.8 Å². The molecule has 2 aromatic rings. The minimum absolute atomic E-state index is 0.0752. The second kappa shape index (κ2) is 5.48. The van der Waals surface area contributed by atoms with Gasteiger partial charge in [0, 0.05) is 18.8 Å². The molecule has 0 unspecified atom stereocenters. The van der Waals surface area contributed by atoms with Crippen molar-refractivity contribution < 1.29 is 13.5 Å². The van der Waals surface area contributed by atoms with Crippen molar-refractivity contribution in [2.45, 2.75) is 6.61 Å². The predicted molar refractivity (Wildman–Crippen MR) is 68.1 cm³/mol. The van der Waals surface area contributed by atoms with Crippen LogP contribution < -0.4 is 4.74 Å². The van der Waals surface area contributed by atoms with E-state index in [4.69, 9.17) is 34.8 Å². The first-order chi connectivity index (χ1) is 8.90. The van der Waals surface area contributed by atoms with Crippen molar-refractivity contribution in [2.75, 3.05) is 0 Å². The smallest absolute Gasteiger partial charge is 0.388 e. The summed E-state index contributed by atoms with van der Waals surface area (Å²) in [5, 5.41) is 4.36. The van der Waals surface area contributed by atoms with Crippen LogP contribution in [0.1, 0.15) is 0 Å². The molecule has 0 aliphatic rings. The quantitative estimate of drug-likeness (QED) is 0.798. The largest absolute Gasteiger partial charge is 0.416 e. The summed E-state index contributed by atoms with van der Waals surface area (Å²) in [4.78, 5) is 3.84. The second-order valence-electron chi connectivity index (χ2n) is 3.46. The topological polar surface area (TPSA) is 39.9 Å². The molecule has 0 bridgehead atoms.